The van der Waals surface area contributed by atoms with Crippen molar-refractivity contribution in [2.45, 2.75) is 6.18 Å². The van der Waals surface area contributed by atoms with Gasteiger partial charge in [0.05, 0.1) is 16.3 Å². The van der Waals surface area contributed by atoms with Gasteiger partial charge in [0.15, 0.2) is 0 Å². The predicted octanol–water partition coefficient (Wildman–Crippen LogP) is 5.03. The van der Waals surface area contributed by atoms with Crippen molar-refractivity contribution in [1.82, 2.24) is 0 Å². The lowest BCUT2D eigenvalue weighted by atomic mass is 10.2. The van der Waals surface area contributed by atoms with Crippen molar-refractivity contribution >= 4 is 29.0 Å². The van der Waals surface area contributed by atoms with E-state index in [2.05, 4.69) is 5.32 Å². The number of carbonyl (C=O) groups is 1. The first-order chi connectivity index (χ1) is 10.3. The van der Waals surface area contributed by atoms with Gasteiger partial charge in [0.25, 0.3) is 0 Å². The summed E-state index contributed by atoms with van der Waals surface area (Å²) in [5.41, 5.74) is -0.373. The SMILES string of the molecule is CN(C(=O)Nc1cc(C(F)(F)F)ccc1Cl)c1ccccc1. The number of nitrogens with zero attached hydrogens (tertiary/aromatic N) is 1. The molecule has 2 amide bonds. The lowest BCUT2D eigenvalue weighted by Crippen LogP contribution is -2.31. The molecule has 22 heavy (non-hydrogen) atoms. The van der Waals surface area contributed by atoms with Crippen LogP contribution in [0.1, 0.15) is 5.56 Å². The average Bonchev–Trinajstić information content (AvgIpc) is 2.48. The van der Waals surface area contributed by atoms with Crippen LogP contribution in [0.3, 0.4) is 0 Å². The van der Waals surface area contributed by atoms with Gasteiger partial charge >= 0.3 is 12.2 Å². The number of amides is 2. The van der Waals surface area contributed by atoms with Crippen molar-refractivity contribution in [2.24, 2.45) is 0 Å². The molecule has 0 heterocycles. The molecule has 2 aromatic carbocycles. The van der Waals surface area contributed by atoms with E-state index in [1.165, 1.54) is 11.9 Å². The summed E-state index contributed by atoms with van der Waals surface area (Å²) in [6.07, 6.45) is -4.50. The highest BCUT2D eigenvalue weighted by atomic mass is 35.5. The zero-order chi connectivity index (χ0) is 16.3. The number of rotatable bonds is 2. The number of nitrogens with one attached hydrogen (secondary N) is 1. The quantitative estimate of drug-likeness (QED) is 0.824. The van der Waals surface area contributed by atoms with Crippen LogP contribution in [0.15, 0.2) is 48.5 Å². The predicted molar refractivity (Wildman–Crippen MR) is 80.3 cm³/mol. The Hall–Kier alpha value is -2.21. The van der Waals surface area contributed by atoms with Crippen molar-refractivity contribution in [3.05, 3.63) is 59.1 Å². The molecule has 0 aliphatic carbocycles. The van der Waals surface area contributed by atoms with Crippen LogP contribution in [0, 0.1) is 0 Å². The molecule has 0 unspecified atom stereocenters. The second kappa shape index (κ2) is 6.27. The van der Waals surface area contributed by atoms with E-state index in [9.17, 15) is 18.0 Å². The first-order valence-corrected chi connectivity index (χ1v) is 6.63. The molecule has 3 nitrogen and oxygen atoms in total. The maximum absolute atomic E-state index is 12.7. The Morgan fingerprint density at radius 3 is 2.36 bits per heavy atom. The standard InChI is InChI=1S/C15H12ClF3N2O/c1-21(11-5-3-2-4-6-11)14(22)20-13-9-10(15(17,18)19)7-8-12(13)16/h2-9H,1H3,(H,20,22). The van der Waals surface area contributed by atoms with E-state index in [0.29, 0.717) is 5.69 Å². The molecule has 0 radical (unpaired) electrons. The number of carbonyl (C=O) groups excluding carboxylic acids is 1. The van der Waals surface area contributed by atoms with Gasteiger partial charge in [-0.2, -0.15) is 13.2 Å². The number of halogens is 4. The summed E-state index contributed by atoms with van der Waals surface area (Å²) in [6.45, 7) is 0. The van der Waals surface area contributed by atoms with E-state index < -0.39 is 17.8 Å². The lowest BCUT2D eigenvalue weighted by molar-refractivity contribution is -0.137. The summed E-state index contributed by atoms with van der Waals surface area (Å²) >= 11 is 5.84. The molecule has 0 atom stereocenters. The van der Waals surface area contributed by atoms with Crippen LogP contribution >= 0.6 is 11.6 Å². The Kier molecular flexibility index (Phi) is 4.61. The molecule has 116 valence electrons. The van der Waals surface area contributed by atoms with Gasteiger partial charge in [0, 0.05) is 12.7 Å². The molecule has 0 saturated heterocycles. The van der Waals surface area contributed by atoms with E-state index >= 15 is 0 Å². The van der Waals surface area contributed by atoms with Gasteiger partial charge in [0.1, 0.15) is 0 Å². The Morgan fingerprint density at radius 2 is 1.77 bits per heavy atom. The van der Waals surface area contributed by atoms with E-state index in [1.54, 1.807) is 30.3 Å². The van der Waals surface area contributed by atoms with Crippen LogP contribution in [0.2, 0.25) is 5.02 Å². The highest BCUT2D eigenvalue weighted by Gasteiger charge is 2.31. The molecule has 0 spiro atoms. The van der Waals surface area contributed by atoms with Crippen molar-refractivity contribution in [2.75, 3.05) is 17.3 Å². The summed E-state index contributed by atoms with van der Waals surface area (Å²) in [7, 11) is 1.51. The topological polar surface area (TPSA) is 32.3 Å². The summed E-state index contributed by atoms with van der Waals surface area (Å²) in [5, 5.41) is 2.41. The van der Waals surface area contributed by atoms with Crippen LogP contribution in [0.5, 0.6) is 0 Å². The second-order valence-electron chi connectivity index (χ2n) is 4.52. The number of urea groups is 1. The Morgan fingerprint density at radius 1 is 1.14 bits per heavy atom. The number of para-hydroxylation sites is 1. The zero-order valence-electron chi connectivity index (χ0n) is 11.5. The van der Waals surface area contributed by atoms with Crippen LogP contribution in [0.25, 0.3) is 0 Å². The van der Waals surface area contributed by atoms with Crippen LogP contribution in [-0.4, -0.2) is 13.1 Å². The fourth-order valence-corrected chi connectivity index (χ4v) is 1.93. The minimum Gasteiger partial charge on any atom is -0.306 e. The highest BCUT2D eigenvalue weighted by Crippen LogP contribution is 2.34. The van der Waals surface area contributed by atoms with E-state index in [4.69, 9.17) is 11.6 Å². The molecule has 0 aliphatic rings. The Bertz CT molecular complexity index is 674. The van der Waals surface area contributed by atoms with E-state index in [1.807, 2.05) is 0 Å². The van der Waals surface area contributed by atoms with Gasteiger partial charge in [-0.15, -0.1) is 0 Å². The third-order valence-electron chi connectivity index (χ3n) is 2.98. The van der Waals surface area contributed by atoms with E-state index in [-0.39, 0.29) is 10.7 Å². The summed E-state index contributed by atoms with van der Waals surface area (Å²) < 4.78 is 38.1. The molecule has 0 aliphatic heterocycles. The first-order valence-electron chi connectivity index (χ1n) is 6.25. The number of benzene rings is 2. The van der Waals surface area contributed by atoms with Gasteiger partial charge in [-0.3, -0.25) is 4.90 Å². The molecule has 2 aromatic rings. The fraction of sp³-hybridized carbons (Fsp3) is 0.133. The van der Waals surface area contributed by atoms with Crippen LogP contribution in [-0.2, 0) is 6.18 Å². The number of hydrogen-bond donors (Lipinski definition) is 1. The first kappa shape index (κ1) is 16.2. The van der Waals surface area contributed by atoms with Crippen molar-refractivity contribution in [3.63, 3.8) is 0 Å². The normalized spacial score (nSPS) is 11.1. The molecule has 0 saturated carbocycles. The van der Waals surface area contributed by atoms with Gasteiger partial charge in [0.2, 0.25) is 0 Å². The molecule has 0 bridgehead atoms. The molecular weight excluding hydrogens is 317 g/mol. The Balaban J connectivity index is 2.21. The molecule has 0 fully saturated rings. The third kappa shape index (κ3) is 3.71. The molecule has 7 heteroatoms. The minimum atomic E-state index is -4.50. The summed E-state index contributed by atoms with van der Waals surface area (Å²) in [6, 6.07) is 10.9. The number of hydrogen-bond acceptors (Lipinski definition) is 1. The van der Waals surface area contributed by atoms with Crippen molar-refractivity contribution in [1.29, 1.82) is 0 Å². The van der Waals surface area contributed by atoms with Gasteiger partial charge in [-0.05, 0) is 30.3 Å². The molecule has 2 rings (SSSR count). The fourth-order valence-electron chi connectivity index (χ4n) is 1.77. The molecule has 1 N–H and O–H groups in total. The summed E-state index contributed by atoms with van der Waals surface area (Å²) in [4.78, 5) is 13.4. The highest BCUT2D eigenvalue weighted by molar-refractivity contribution is 6.33. The number of alkyl halides is 3. The molecular formula is C15H12ClF3N2O. The monoisotopic (exact) mass is 328 g/mol. The molecule has 0 aromatic heterocycles. The zero-order valence-corrected chi connectivity index (χ0v) is 12.2. The van der Waals surface area contributed by atoms with Gasteiger partial charge < -0.3 is 5.32 Å². The average molecular weight is 329 g/mol. The largest absolute Gasteiger partial charge is 0.416 e. The minimum absolute atomic E-state index is 0.0304. The summed E-state index contributed by atoms with van der Waals surface area (Å²) in [5.74, 6) is 0. The van der Waals surface area contributed by atoms with E-state index in [0.717, 1.165) is 18.2 Å². The van der Waals surface area contributed by atoms with Gasteiger partial charge in [-0.1, -0.05) is 29.8 Å². The van der Waals surface area contributed by atoms with Crippen molar-refractivity contribution in [3.8, 4) is 0 Å². The maximum Gasteiger partial charge on any atom is 0.416 e. The third-order valence-corrected chi connectivity index (χ3v) is 3.31. The van der Waals surface area contributed by atoms with Crippen molar-refractivity contribution < 1.29 is 18.0 Å². The second-order valence-corrected chi connectivity index (χ2v) is 4.92. The smallest absolute Gasteiger partial charge is 0.306 e. The Labute approximate surface area is 130 Å². The van der Waals surface area contributed by atoms with Crippen LogP contribution in [0.4, 0.5) is 29.3 Å². The lowest BCUT2D eigenvalue weighted by Gasteiger charge is -2.19. The van der Waals surface area contributed by atoms with Crippen LogP contribution < -0.4 is 10.2 Å². The maximum atomic E-state index is 12.7. The number of anilines is 2. The van der Waals surface area contributed by atoms with Gasteiger partial charge in [-0.25, -0.2) is 4.79 Å².